The zero-order valence-corrected chi connectivity index (χ0v) is 10.0. The van der Waals surface area contributed by atoms with E-state index in [2.05, 4.69) is 5.32 Å². The summed E-state index contributed by atoms with van der Waals surface area (Å²) in [5.41, 5.74) is 5.70. The summed E-state index contributed by atoms with van der Waals surface area (Å²) in [4.78, 5) is 11.6. The molecule has 0 bridgehead atoms. The zero-order valence-electron chi connectivity index (χ0n) is 9.19. The molecule has 0 radical (unpaired) electrons. The first-order valence-electron chi connectivity index (χ1n) is 5.42. The maximum Gasteiger partial charge on any atom is 0.223 e. The normalized spacial score (nSPS) is 25.6. The van der Waals surface area contributed by atoms with Crippen LogP contribution in [0, 0.1) is 5.92 Å². The van der Waals surface area contributed by atoms with Crippen LogP contribution in [0.15, 0.2) is 0 Å². The van der Waals surface area contributed by atoms with E-state index in [-0.39, 0.29) is 23.6 Å². The smallest absolute Gasteiger partial charge is 0.223 e. The molecule has 7 heteroatoms. The number of amides is 1. The topological polar surface area (TPSA) is 115 Å². The molecule has 2 atom stereocenters. The van der Waals surface area contributed by atoms with Gasteiger partial charge in [-0.25, -0.2) is 13.6 Å². The lowest BCUT2D eigenvalue weighted by Crippen LogP contribution is -2.32. The van der Waals surface area contributed by atoms with E-state index in [9.17, 15) is 13.2 Å². The molecule has 1 aliphatic rings. The molecular formula is C9H19N3O3S. The van der Waals surface area contributed by atoms with Gasteiger partial charge in [-0.05, 0) is 25.7 Å². The highest BCUT2D eigenvalue weighted by Crippen LogP contribution is 2.23. The van der Waals surface area contributed by atoms with Crippen LogP contribution in [-0.4, -0.2) is 32.7 Å². The lowest BCUT2D eigenvalue weighted by molar-refractivity contribution is -0.124. The van der Waals surface area contributed by atoms with Crippen LogP contribution in [0.1, 0.15) is 25.7 Å². The Bertz CT molecular complexity index is 342. The minimum Gasteiger partial charge on any atom is -0.356 e. The summed E-state index contributed by atoms with van der Waals surface area (Å²) in [6.45, 7) is 0.348. The number of rotatable bonds is 5. The maximum absolute atomic E-state index is 11.6. The third-order valence-corrected chi connectivity index (χ3v) is 3.61. The molecule has 0 aliphatic heterocycles. The molecule has 1 saturated carbocycles. The number of nitrogens with two attached hydrogens (primary N) is 2. The molecule has 0 aromatic heterocycles. The Hall–Kier alpha value is -0.660. The van der Waals surface area contributed by atoms with Crippen LogP contribution >= 0.6 is 0 Å². The SMILES string of the molecule is NC1CCC(C(=O)NCCCS(N)(=O)=O)C1. The summed E-state index contributed by atoms with van der Waals surface area (Å²) in [5, 5.41) is 7.54. The molecule has 0 aromatic carbocycles. The molecule has 1 rings (SSSR count). The van der Waals surface area contributed by atoms with Gasteiger partial charge in [0.1, 0.15) is 0 Å². The van der Waals surface area contributed by atoms with E-state index in [1.165, 1.54) is 0 Å². The van der Waals surface area contributed by atoms with E-state index >= 15 is 0 Å². The van der Waals surface area contributed by atoms with Crippen molar-refractivity contribution in [3.63, 3.8) is 0 Å². The molecule has 94 valence electrons. The van der Waals surface area contributed by atoms with Gasteiger partial charge in [0, 0.05) is 18.5 Å². The van der Waals surface area contributed by atoms with Crippen molar-refractivity contribution >= 4 is 15.9 Å². The lowest BCUT2D eigenvalue weighted by Gasteiger charge is -2.10. The third kappa shape index (κ3) is 4.91. The van der Waals surface area contributed by atoms with Crippen LogP contribution in [-0.2, 0) is 14.8 Å². The van der Waals surface area contributed by atoms with Gasteiger partial charge in [-0.2, -0.15) is 0 Å². The second-order valence-electron chi connectivity index (χ2n) is 4.28. The van der Waals surface area contributed by atoms with Crippen molar-refractivity contribution in [3.05, 3.63) is 0 Å². The van der Waals surface area contributed by atoms with Gasteiger partial charge in [-0.15, -0.1) is 0 Å². The number of carbonyl (C=O) groups excluding carboxylic acids is 1. The zero-order chi connectivity index (χ0) is 12.2. The van der Waals surface area contributed by atoms with Crippen LogP contribution < -0.4 is 16.2 Å². The summed E-state index contributed by atoms with van der Waals surface area (Å²) >= 11 is 0. The highest BCUT2D eigenvalue weighted by atomic mass is 32.2. The number of hydrogen-bond donors (Lipinski definition) is 3. The molecule has 1 amide bonds. The van der Waals surface area contributed by atoms with Gasteiger partial charge in [-0.3, -0.25) is 4.79 Å². The van der Waals surface area contributed by atoms with Crippen molar-refractivity contribution in [3.8, 4) is 0 Å². The standard InChI is InChI=1S/C9H19N3O3S/c10-8-3-2-7(6-8)9(13)12-4-1-5-16(11,14)15/h7-8H,1-6,10H2,(H,12,13)(H2,11,14,15). The van der Waals surface area contributed by atoms with Crippen LogP contribution in [0.5, 0.6) is 0 Å². The Labute approximate surface area is 95.8 Å². The maximum atomic E-state index is 11.6. The molecule has 6 nitrogen and oxygen atoms in total. The van der Waals surface area contributed by atoms with Gasteiger partial charge in [-0.1, -0.05) is 0 Å². The summed E-state index contributed by atoms with van der Waals surface area (Å²) in [5.74, 6) is -0.135. The van der Waals surface area contributed by atoms with Gasteiger partial charge in [0.25, 0.3) is 0 Å². The molecule has 16 heavy (non-hydrogen) atoms. The number of primary sulfonamides is 1. The van der Waals surface area contributed by atoms with Crippen molar-refractivity contribution in [2.24, 2.45) is 16.8 Å². The van der Waals surface area contributed by atoms with Gasteiger partial charge in [0.15, 0.2) is 0 Å². The van der Waals surface area contributed by atoms with E-state index < -0.39 is 10.0 Å². The second kappa shape index (κ2) is 5.60. The van der Waals surface area contributed by atoms with E-state index in [1.54, 1.807) is 0 Å². The Morgan fingerprint density at radius 2 is 2.06 bits per heavy atom. The van der Waals surface area contributed by atoms with E-state index in [4.69, 9.17) is 10.9 Å². The van der Waals surface area contributed by atoms with Gasteiger partial charge in [0.2, 0.25) is 15.9 Å². The first-order chi connectivity index (χ1) is 7.38. The molecule has 1 fully saturated rings. The van der Waals surface area contributed by atoms with Crippen molar-refractivity contribution in [2.75, 3.05) is 12.3 Å². The first kappa shape index (κ1) is 13.4. The Morgan fingerprint density at radius 3 is 2.56 bits per heavy atom. The van der Waals surface area contributed by atoms with E-state index in [0.717, 1.165) is 19.3 Å². The van der Waals surface area contributed by atoms with Gasteiger partial charge >= 0.3 is 0 Å². The predicted molar refractivity (Wildman–Crippen MR) is 60.9 cm³/mol. The van der Waals surface area contributed by atoms with Crippen LogP contribution in [0.3, 0.4) is 0 Å². The Balaban J connectivity index is 2.16. The van der Waals surface area contributed by atoms with E-state index in [0.29, 0.717) is 13.0 Å². The Kier molecular flexibility index (Phi) is 4.69. The summed E-state index contributed by atoms with van der Waals surface area (Å²) in [6.07, 6.45) is 2.78. The van der Waals surface area contributed by atoms with Gasteiger partial charge in [0.05, 0.1) is 5.75 Å². The summed E-state index contributed by atoms with van der Waals surface area (Å²) in [7, 11) is -3.42. The van der Waals surface area contributed by atoms with Crippen molar-refractivity contribution in [1.29, 1.82) is 0 Å². The molecule has 5 N–H and O–H groups in total. The largest absolute Gasteiger partial charge is 0.356 e. The Morgan fingerprint density at radius 1 is 1.38 bits per heavy atom. The highest BCUT2D eigenvalue weighted by Gasteiger charge is 2.27. The monoisotopic (exact) mass is 249 g/mol. The fourth-order valence-electron chi connectivity index (χ4n) is 1.88. The van der Waals surface area contributed by atoms with Crippen molar-refractivity contribution < 1.29 is 13.2 Å². The molecule has 0 aromatic rings. The molecular weight excluding hydrogens is 230 g/mol. The number of nitrogens with one attached hydrogen (secondary N) is 1. The number of hydrogen-bond acceptors (Lipinski definition) is 4. The molecule has 1 aliphatic carbocycles. The fraction of sp³-hybridized carbons (Fsp3) is 0.889. The summed E-state index contributed by atoms with van der Waals surface area (Å²) in [6, 6.07) is 0.125. The highest BCUT2D eigenvalue weighted by molar-refractivity contribution is 7.89. The first-order valence-corrected chi connectivity index (χ1v) is 7.14. The quantitative estimate of drug-likeness (QED) is 0.537. The fourth-order valence-corrected chi connectivity index (χ4v) is 2.43. The van der Waals surface area contributed by atoms with Gasteiger partial charge < -0.3 is 11.1 Å². The minimum atomic E-state index is -3.42. The molecule has 0 saturated heterocycles. The van der Waals surface area contributed by atoms with Crippen LogP contribution in [0.25, 0.3) is 0 Å². The average molecular weight is 249 g/mol. The van der Waals surface area contributed by atoms with Crippen LogP contribution in [0.2, 0.25) is 0 Å². The summed E-state index contributed by atoms with van der Waals surface area (Å²) < 4.78 is 21.2. The van der Waals surface area contributed by atoms with E-state index in [1.807, 2.05) is 0 Å². The van der Waals surface area contributed by atoms with Crippen molar-refractivity contribution in [1.82, 2.24) is 5.32 Å². The molecule has 2 unspecified atom stereocenters. The van der Waals surface area contributed by atoms with Crippen LogP contribution in [0.4, 0.5) is 0 Å². The molecule has 0 spiro atoms. The number of carbonyl (C=O) groups is 1. The number of sulfonamides is 1. The average Bonchev–Trinajstić information content (AvgIpc) is 2.57. The minimum absolute atomic E-state index is 0.00974. The van der Waals surface area contributed by atoms with Crippen molar-refractivity contribution in [2.45, 2.75) is 31.7 Å². The molecule has 0 heterocycles. The third-order valence-electron chi connectivity index (χ3n) is 2.75. The second-order valence-corrected chi connectivity index (χ2v) is 6.02. The predicted octanol–water partition coefficient (Wildman–Crippen LogP) is -1.09. The lowest BCUT2D eigenvalue weighted by atomic mass is 10.1.